The molecule has 40 heavy (non-hydrogen) atoms. The van der Waals surface area contributed by atoms with Gasteiger partial charge >= 0.3 is 0 Å². The van der Waals surface area contributed by atoms with Crippen molar-refractivity contribution in [3.63, 3.8) is 0 Å². The lowest BCUT2D eigenvalue weighted by molar-refractivity contribution is 0.00386. The zero-order chi connectivity index (χ0) is 27.1. The summed E-state index contributed by atoms with van der Waals surface area (Å²) in [4.78, 5) is 14.3. The zero-order valence-electron chi connectivity index (χ0n) is 21.8. The Morgan fingerprint density at radius 1 is 0.800 bits per heavy atom. The number of aliphatic hydroxyl groups is 2. The fourth-order valence-corrected chi connectivity index (χ4v) is 6.06. The molecule has 2 aromatic heterocycles. The Bertz CT molecular complexity index is 1660. The van der Waals surface area contributed by atoms with E-state index in [9.17, 15) is 10.2 Å². The van der Waals surface area contributed by atoms with Crippen LogP contribution in [0.5, 0.6) is 0 Å². The highest BCUT2D eigenvalue weighted by Gasteiger charge is 2.60. The van der Waals surface area contributed by atoms with Gasteiger partial charge in [-0.15, -0.1) is 0 Å². The summed E-state index contributed by atoms with van der Waals surface area (Å²) in [6.45, 7) is 0.591. The summed E-state index contributed by atoms with van der Waals surface area (Å²) in [6.07, 6.45) is 1.04. The topological polar surface area (TPSA) is 96.1 Å². The van der Waals surface area contributed by atoms with E-state index in [4.69, 9.17) is 15.0 Å². The minimum Gasteiger partial charge on any atom is -0.390 e. The molecule has 0 bridgehead atoms. The van der Waals surface area contributed by atoms with Gasteiger partial charge < -0.3 is 20.1 Å². The van der Waals surface area contributed by atoms with Crippen LogP contribution in [0.1, 0.15) is 40.9 Å². The molecule has 2 heterocycles. The molecule has 0 aliphatic heterocycles. The summed E-state index contributed by atoms with van der Waals surface area (Å²) in [5, 5.41) is 24.9. The van der Waals surface area contributed by atoms with Crippen LogP contribution in [-0.4, -0.2) is 48.5 Å². The minimum atomic E-state index is -0.855. The molecule has 2 aliphatic carbocycles. The van der Waals surface area contributed by atoms with E-state index in [0.717, 1.165) is 12.0 Å². The van der Waals surface area contributed by atoms with Gasteiger partial charge in [-0.25, -0.2) is 15.0 Å². The first-order valence-corrected chi connectivity index (χ1v) is 13.7. The van der Waals surface area contributed by atoms with Gasteiger partial charge in [0.25, 0.3) is 0 Å². The lowest BCUT2D eigenvalue weighted by atomic mass is 9.91. The Morgan fingerprint density at radius 3 is 2.08 bits per heavy atom. The molecule has 7 heteroatoms. The third kappa shape index (κ3) is 4.51. The standard InChI is InChI=1S/C33H29N5O2/c39-30-25-18-24(25)29(31(30)40)38-20-35-28-32(36-27(37-33(28)38)17-16-21-10-4-1-5-11-21)34-19-26(22-12-6-2-7-13-22)23-14-8-3-9-15-23/h1-15,20,24-26,29-31,39-40H,18-19H2,(H,34,36,37)/t24-,25+,29+,30+,31-/m0/s1. The molecule has 7 nitrogen and oxygen atoms in total. The van der Waals surface area contributed by atoms with E-state index in [0.29, 0.717) is 29.4 Å². The van der Waals surface area contributed by atoms with Crippen LogP contribution in [0.15, 0.2) is 97.3 Å². The van der Waals surface area contributed by atoms with Crippen LogP contribution in [0.2, 0.25) is 0 Å². The molecule has 0 saturated heterocycles. The lowest BCUT2D eigenvalue weighted by Crippen LogP contribution is -2.31. The largest absolute Gasteiger partial charge is 0.390 e. The molecule has 2 fully saturated rings. The van der Waals surface area contributed by atoms with Gasteiger partial charge in [0.05, 0.1) is 18.5 Å². The van der Waals surface area contributed by atoms with Gasteiger partial charge in [0.15, 0.2) is 17.0 Å². The zero-order valence-corrected chi connectivity index (χ0v) is 21.8. The summed E-state index contributed by atoms with van der Waals surface area (Å²) in [5.74, 6) is 7.70. The number of imidazole rings is 1. The van der Waals surface area contributed by atoms with Crippen molar-refractivity contribution in [2.75, 3.05) is 11.9 Å². The van der Waals surface area contributed by atoms with Gasteiger partial charge in [0.1, 0.15) is 6.10 Å². The van der Waals surface area contributed by atoms with Crippen molar-refractivity contribution in [3.8, 4) is 11.8 Å². The average Bonchev–Trinajstić information content (AvgIpc) is 3.61. The summed E-state index contributed by atoms with van der Waals surface area (Å²) >= 11 is 0. The van der Waals surface area contributed by atoms with Crippen LogP contribution in [0.3, 0.4) is 0 Å². The first kappa shape index (κ1) is 24.5. The van der Waals surface area contributed by atoms with E-state index in [2.05, 4.69) is 65.7 Å². The van der Waals surface area contributed by atoms with Crippen LogP contribution in [-0.2, 0) is 0 Å². The number of fused-ring (bicyclic) bond motifs is 2. The number of hydrogen-bond acceptors (Lipinski definition) is 6. The highest BCUT2D eigenvalue weighted by Crippen LogP contribution is 2.57. The Labute approximate surface area is 232 Å². The second-order valence-corrected chi connectivity index (χ2v) is 10.6. The highest BCUT2D eigenvalue weighted by atomic mass is 16.3. The molecule has 0 radical (unpaired) electrons. The molecular formula is C33H29N5O2. The molecule has 7 rings (SSSR count). The molecular weight excluding hydrogens is 498 g/mol. The van der Waals surface area contributed by atoms with E-state index in [1.165, 1.54) is 11.1 Å². The number of hydrogen-bond donors (Lipinski definition) is 3. The van der Waals surface area contributed by atoms with Crippen molar-refractivity contribution < 1.29 is 10.2 Å². The maximum absolute atomic E-state index is 10.8. The lowest BCUT2D eigenvalue weighted by Gasteiger charge is -2.22. The van der Waals surface area contributed by atoms with Crippen molar-refractivity contribution in [2.24, 2.45) is 11.8 Å². The third-order valence-corrected chi connectivity index (χ3v) is 8.18. The van der Waals surface area contributed by atoms with Gasteiger partial charge in [-0.05, 0) is 47.4 Å². The normalized spacial score (nSPS) is 23.0. The van der Waals surface area contributed by atoms with Crippen molar-refractivity contribution in [1.29, 1.82) is 0 Å². The molecule has 0 amide bonds. The van der Waals surface area contributed by atoms with Gasteiger partial charge in [-0.3, -0.25) is 0 Å². The van der Waals surface area contributed by atoms with Gasteiger partial charge in [0.2, 0.25) is 5.82 Å². The Kier molecular flexibility index (Phi) is 6.27. The smallest absolute Gasteiger partial charge is 0.209 e. The SMILES string of the molecule is O[C@@H]1[C@H](O)[C@@H]2C[C@@H]2[C@H]1n1cnc2c(NCC(c3ccccc3)c3ccccc3)nc(C#Cc3ccccc3)nc21. The molecule has 3 N–H and O–H groups in total. The minimum absolute atomic E-state index is 0.0902. The van der Waals surface area contributed by atoms with Crippen molar-refractivity contribution in [1.82, 2.24) is 19.5 Å². The number of aromatic nitrogens is 4. The number of nitrogens with zero attached hydrogens (tertiary/aromatic N) is 4. The van der Waals surface area contributed by atoms with Gasteiger partial charge in [-0.1, -0.05) is 84.8 Å². The van der Waals surface area contributed by atoms with Gasteiger partial charge in [-0.2, -0.15) is 0 Å². The van der Waals surface area contributed by atoms with Crippen molar-refractivity contribution in [3.05, 3.63) is 120 Å². The predicted octanol–water partition coefficient (Wildman–Crippen LogP) is 4.38. The maximum atomic E-state index is 10.8. The molecule has 5 atom stereocenters. The fraction of sp³-hybridized carbons (Fsp3) is 0.242. The monoisotopic (exact) mass is 527 g/mol. The van der Waals surface area contributed by atoms with Crippen LogP contribution in [0, 0.1) is 23.7 Å². The number of benzene rings is 3. The predicted molar refractivity (Wildman–Crippen MR) is 154 cm³/mol. The second-order valence-electron chi connectivity index (χ2n) is 10.6. The first-order chi connectivity index (χ1) is 19.7. The summed E-state index contributed by atoms with van der Waals surface area (Å²) < 4.78 is 1.91. The van der Waals surface area contributed by atoms with Gasteiger partial charge in [0, 0.05) is 18.0 Å². The maximum Gasteiger partial charge on any atom is 0.209 e. The Balaban J connectivity index is 1.28. The molecule has 2 saturated carbocycles. The number of nitrogens with one attached hydrogen (secondary N) is 1. The van der Waals surface area contributed by atoms with E-state index in [1.807, 2.05) is 47.0 Å². The molecule has 0 unspecified atom stereocenters. The highest BCUT2D eigenvalue weighted by molar-refractivity contribution is 5.83. The third-order valence-electron chi connectivity index (χ3n) is 8.18. The molecule has 0 spiro atoms. The van der Waals surface area contributed by atoms with Crippen molar-refractivity contribution in [2.45, 2.75) is 30.6 Å². The second kappa shape index (κ2) is 10.2. The van der Waals surface area contributed by atoms with E-state index >= 15 is 0 Å². The van der Waals surface area contributed by atoms with E-state index in [-0.39, 0.29) is 23.8 Å². The molecule has 2 aliphatic rings. The number of anilines is 1. The first-order valence-electron chi connectivity index (χ1n) is 13.7. The number of aliphatic hydroxyl groups excluding tert-OH is 2. The average molecular weight is 528 g/mol. The molecule has 5 aromatic rings. The van der Waals surface area contributed by atoms with Crippen LogP contribution < -0.4 is 5.32 Å². The summed E-state index contributed by atoms with van der Waals surface area (Å²) in [7, 11) is 0. The quantitative estimate of drug-likeness (QED) is 0.284. The molecule has 3 aromatic carbocycles. The Hall–Kier alpha value is -4.51. The van der Waals surface area contributed by atoms with Crippen LogP contribution in [0.25, 0.3) is 11.2 Å². The van der Waals surface area contributed by atoms with Crippen LogP contribution in [0.4, 0.5) is 5.82 Å². The fourth-order valence-electron chi connectivity index (χ4n) is 6.06. The van der Waals surface area contributed by atoms with E-state index in [1.54, 1.807) is 6.33 Å². The molecule has 198 valence electrons. The van der Waals surface area contributed by atoms with Crippen LogP contribution >= 0.6 is 0 Å². The van der Waals surface area contributed by atoms with Crippen molar-refractivity contribution >= 4 is 17.0 Å². The Morgan fingerprint density at radius 2 is 1.45 bits per heavy atom. The van der Waals surface area contributed by atoms with E-state index < -0.39 is 12.2 Å². The number of rotatable bonds is 6. The summed E-state index contributed by atoms with van der Waals surface area (Å²) in [5.41, 5.74) is 4.50. The summed E-state index contributed by atoms with van der Waals surface area (Å²) in [6, 6.07) is 30.3.